The van der Waals surface area contributed by atoms with Crippen LogP contribution in [0.2, 0.25) is 5.28 Å². The molecule has 3 fully saturated rings. The number of carbonyl (C=O) groups is 1. The van der Waals surface area contributed by atoms with Crippen molar-refractivity contribution in [2.75, 3.05) is 11.9 Å². The number of hydrogen-bond donors (Lipinski definition) is 1. The van der Waals surface area contributed by atoms with Crippen molar-refractivity contribution in [1.82, 2.24) is 14.6 Å². The van der Waals surface area contributed by atoms with E-state index in [1.54, 1.807) is 4.52 Å². The van der Waals surface area contributed by atoms with Crippen molar-refractivity contribution in [2.45, 2.75) is 38.6 Å². The number of fused-ring (bicyclic) bond motifs is 4. The summed E-state index contributed by atoms with van der Waals surface area (Å²) in [4.78, 5) is 17.0. The van der Waals surface area contributed by atoms with Crippen molar-refractivity contribution in [3.63, 3.8) is 0 Å². The smallest absolute Gasteiger partial charge is 0.311 e. The van der Waals surface area contributed by atoms with Gasteiger partial charge >= 0.3 is 5.97 Å². The first-order chi connectivity index (χ1) is 12.1. The van der Waals surface area contributed by atoms with Crippen LogP contribution in [0.4, 0.5) is 5.82 Å². The van der Waals surface area contributed by atoms with Crippen molar-refractivity contribution in [1.29, 1.82) is 0 Å². The monoisotopic (exact) mass is 426 g/mol. The van der Waals surface area contributed by atoms with Crippen LogP contribution in [0.5, 0.6) is 0 Å². The van der Waals surface area contributed by atoms with Gasteiger partial charge in [-0.15, -0.1) is 5.10 Å². The molecular weight excluding hydrogens is 408 g/mol. The number of anilines is 1. The SMILES string of the molecule is CCOC(=O)C1C2CCC(CC2)C1Nc1nc(Cl)nn2cc(Br)cc12. The fraction of sp³-hybridized carbons (Fsp3) is 0.588. The Bertz CT molecular complexity index is 803. The van der Waals surface area contributed by atoms with Gasteiger partial charge in [0.05, 0.1) is 12.5 Å². The molecule has 2 atom stereocenters. The molecule has 2 aromatic rings. The molecule has 2 unspecified atom stereocenters. The van der Waals surface area contributed by atoms with Crippen LogP contribution in [-0.2, 0) is 9.53 Å². The largest absolute Gasteiger partial charge is 0.466 e. The Labute approximate surface area is 159 Å². The van der Waals surface area contributed by atoms with Gasteiger partial charge in [0, 0.05) is 16.7 Å². The van der Waals surface area contributed by atoms with Crippen LogP contribution in [-0.4, -0.2) is 33.2 Å². The second-order valence-electron chi connectivity index (χ2n) is 6.84. The molecule has 0 amide bonds. The molecular formula is C17H20BrClN4O2. The first-order valence-corrected chi connectivity index (χ1v) is 9.88. The number of carbonyl (C=O) groups excluding carboxylic acids is 1. The number of rotatable bonds is 4. The Morgan fingerprint density at radius 1 is 1.40 bits per heavy atom. The highest BCUT2D eigenvalue weighted by Crippen LogP contribution is 2.47. The minimum atomic E-state index is -0.125. The van der Waals surface area contributed by atoms with Crippen LogP contribution in [0, 0.1) is 17.8 Å². The topological polar surface area (TPSA) is 68.5 Å². The number of ether oxygens (including phenoxy) is 1. The number of nitrogens with one attached hydrogen (secondary N) is 1. The lowest BCUT2D eigenvalue weighted by molar-refractivity contribution is -0.154. The molecule has 3 aliphatic carbocycles. The molecule has 8 heteroatoms. The van der Waals surface area contributed by atoms with E-state index in [9.17, 15) is 4.79 Å². The average Bonchev–Trinajstić information content (AvgIpc) is 2.96. The molecule has 2 aromatic heterocycles. The minimum absolute atomic E-state index is 0.0231. The Morgan fingerprint density at radius 2 is 2.12 bits per heavy atom. The third-order valence-corrected chi connectivity index (χ3v) is 6.08. The van der Waals surface area contributed by atoms with Gasteiger partial charge in [0.15, 0.2) is 5.82 Å². The number of esters is 1. The predicted octanol–water partition coefficient (Wildman–Crippen LogP) is 3.93. The zero-order chi connectivity index (χ0) is 17.6. The number of nitrogens with zero attached hydrogens (tertiary/aromatic N) is 3. The van der Waals surface area contributed by atoms with Gasteiger partial charge in [0.2, 0.25) is 5.28 Å². The lowest BCUT2D eigenvalue weighted by Crippen LogP contribution is -2.52. The van der Waals surface area contributed by atoms with Crippen LogP contribution >= 0.6 is 27.5 Å². The minimum Gasteiger partial charge on any atom is -0.466 e. The quantitative estimate of drug-likeness (QED) is 0.749. The molecule has 25 heavy (non-hydrogen) atoms. The summed E-state index contributed by atoms with van der Waals surface area (Å²) in [6.45, 7) is 2.27. The fourth-order valence-corrected chi connectivity index (χ4v) is 5.02. The summed E-state index contributed by atoms with van der Waals surface area (Å²) in [6, 6.07) is 1.97. The van der Waals surface area contributed by atoms with E-state index in [1.807, 2.05) is 19.2 Å². The second-order valence-corrected chi connectivity index (χ2v) is 8.09. The summed E-state index contributed by atoms with van der Waals surface area (Å²) < 4.78 is 7.97. The van der Waals surface area contributed by atoms with Gasteiger partial charge in [-0.3, -0.25) is 4.79 Å². The molecule has 3 saturated carbocycles. The third-order valence-electron chi connectivity index (χ3n) is 5.49. The summed E-state index contributed by atoms with van der Waals surface area (Å²) in [5.74, 6) is 1.28. The summed E-state index contributed by atoms with van der Waals surface area (Å²) in [5, 5.41) is 7.88. The highest BCUT2D eigenvalue weighted by atomic mass is 79.9. The van der Waals surface area contributed by atoms with Crippen molar-refractivity contribution in [3.05, 3.63) is 22.0 Å². The molecule has 2 heterocycles. The molecule has 0 spiro atoms. The van der Waals surface area contributed by atoms with E-state index in [-0.39, 0.29) is 23.2 Å². The van der Waals surface area contributed by atoms with Gasteiger partial charge < -0.3 is 10.1 Å². The predicted molar refractivity (Wildman–Crippen MR) is 98.7 cm³/mol. The molecule has 1 N–H and O–H groups in total. The van der Waals surface area contributed by atoms with E-state index in [4.69, 9.17) is 16.3 Å². The summed E-state index contributed by atoms with van der Waals surface area (Å²) in [7, 11) is 0. The summed E-state index contributed by atoms with van der Waals surface area (Å²) in [6.07, 6.45) is 6.31. The second kappa shape index (κ2) is 6.76. The first-order valence-electron chi connectivity index (χ1n) is 8.71. The van der Waals surface area contributed by atoms with Crippen LogP contribution in [0.3, 0.4) is 0 Å². The Hall–Kier alpha value is -1.34. The van der Waals surface area contributed by atoms with E-state index in [1.165, 1.54) is 0 Å². The van der Waals surface area contributed by atoms with Crippen molar-refractivity contribution >= 4 is 44.8 Å². The number of hydrogen-bond acceptors (Lipinski definition) is 5. The maximum Gasteiger partial charge on any atom is 0.311 e. The van der Waals surface area contributed by atoms with Gasteiger partial charge in [-0.2, -0.15) is 4.98 Å². The van der Waals surface area contributed by atoms with Crippen LogP contribution in [0.1, 0.15) is 32.6 Å². The molecule has 0 aliphatic heterocycles. The molecule has 2 bridgehead atoms. The Balaban J connectivity index is 1.69. The van der Waals surface area contributed by atoms with Crippen molar-refractivity contribution in [3.8, 4) is 0 Å². The first kappa shape index (κ1) is 17.1. The Kier molecular flexibility index (Phi) is 4.62. The molecule has 5 rings (SSSR count). The van der Waals surface area contributed by atoms with Gasteiger partial charge in [0.25, 0.3) is 0 Å². The van der Waals surface area contributed by atoms with Crippen molar-refractivity contribution < 1.29 is 9.53 Å². The van der Waals surface area contributed by atoms with Crippen molar-refractivity contribution in [2.24, 2.45) is 17.8 Å². The van der Waals surface area contributed by atoms with Crippen LogP contribution in [0.15, 0.2) is 16.7 Å². The van der Waals surface area contributed by atoms with E-state index >= 15 is 0 Å². The Morgan fingerprint density at radius 3 is 2.84 bits per heavy atom. The zero-order valence-corrected chi connectivity index (χ0v) is 16.3. The van der Waals surface area contributed by atoms with E-state index in [0.717, 1.165) is 35.7 Å². The summed E-state index contributed by atoms with van der Waals surface area (Å²) >= 11 is 9.55. The van der Waals surface area contributed by atoms with E-state index in [2.05, 4.69) is 31.3 Å². The lowest BCUT2D eigenvalue weighted by atomic mass is 9.61. The molecule has 3 aliphatic rings. The third kappa shape index (κ3) is 3.12. The highest BCUT2D eigenvalue weighted by Gasteiger charge is 2.48. The molecule has 0 saturated heterocycles. The highest BCUT2D eigenvalue weighted by molar-refractivity contribution is 9.10. The van der Waals surface area contributed by atoms with Gasteiger partial charge in [-0.05, 0) is 78.0 Å². The summed E-state index contributed by atoms with van der Waals surface area (Å²) in [5.41, 5.74) is 0.834. The van der Waals surface area contributed by atoms with E-state index < -0.39 is 0 Å². The maximum atomic E-state index is 12.6. The zero-order valence-electron chi connectivity index (χ0n) is 13.9. The van der Waals surface area contributed by atoms with Gasteiger partial charge in [-0.25, -0.2) is 4.52 Å². The lowest BCUT2D eigenvalue weighted by Gasteiger charge is -2.47. The van der Waals surface area contributed by atoms with Gasteiger partial charge in [-0.1, -0.05) is 0 Å². The number of halogens is 2. The normalized spacial score (nSPS) is 28.3. The van der Waals surface area contributed by atoms with Crippen LogP contribution in [0.25, 0.3) is 5.52 Å². The standard InChI is InChI=1S/C17H20BrClN4O2/c1-2-25-16(24)13-9-3-5-10(6-4-9)14(13)20-15-12-7-11(18)8-23(12)22-17(19)21-15/h7-10,13-14H,2-6H2,1H3,(H,20,21,22). The average molecular weight is 428 g/mol. The fourth-order valence-electron chi connectivity index (χ4n) is 4.44. The maximum absolute atomic E-state index is 12.6. The molecule has 0 aromatic carbocycles. The molecule has 6 nitrogen and oxygen atoms in total. The van der Waals surface area contributed by atoms with Gasteiger partial charge in [0.1, 0.15) is 5.52 Å². The number of aromatic nitrogens is 3. The van der Waals surface area contributed by atoms with E-state index in [0.29, 0.717) is 24.3 Å². The molecule has 0 radical (unpaired) electrons. The van der Waals surface area contributed by atoms with Crippen LogP contribution < -0.4 is 5.32 Å². The molecule has 134 valence electrons.